The van der Waals surface area contributed by atoms with Gasteiger partial charge in [0.25, 0.3) is 0 Å². The molecule has 1 aliphatic carbocycles. The van der Waals surface area contributed by atoms with Crippen LogP contribution in [0.4, 0.5) is 5.69 Å². The lowest BCUT2D eigenvalue weighted by molar-refractivity contribution is 0.0664. The van der Waals surface area contributed by atoms with Crippen LogP contribution in [0.25, 0.3) is 6.08 Å². The average Bonchev–Trinajstić information content (AvgIpc) is 3.47. The van der Waals surface area contributed by atoms with E-state index in [-0.39, 0.29) is 17.3 Å². The lowest BCUT2D eigenvalue weighted by atomic mass is 9.64. The van der Waals surface area contributed by atoms with E-state index < -0.39 is 23.4 Å². The molecule has 4 aromatic rings. The lowest BCUT2D eigenvalue weighted by Gasteiger charge is -2.37. The fourth-order valence-electron chi connectivity index (χ4n) is 7.41. The van der Waals surface area contributed by atoms with E-state index in [1.165, 1.54) is 0 Å². The number of carbonyl (C=O) groups is 3. The highest BCUT2D eigenvalue weighted by Crippen LogP contribution is 2.62. The second-order valence-electron chi connectivity index (χ2n) is 11.3. The third-order valence-corrected chi connectivity index (χ3v) is 9.14. The number of ether oxygens (including phenoxy) is 2. The van der Waals surface area contributed by atoms with Gasteiger partial charge in [-0.05, 0) is 49.7 Å². The van der Waals surface area contributed by atoms with E-state index in [1.807, 2.05) is 67.3 Å². The molecule has 0 radical (unpaired) electrons. The fourth-order valence-corrected chi connectivity index (χ4v) is 7.41. The molecule has 43 heavy (non-hydrogen) atoms. The highest BCUT2D eigenvalue weighted by Gasteiger charge is 2.72. The first-order valence-electron chi connectivity index (χ1n) is 14.6. The van der Waals surface area contributed by atoms with Crippen LogP contribution in [0.2, 0.25) is 0 Å². The van der Waals surface area contributed by atoms with E-state index in [1.54, 1.807) is 55.6 Å². The predicted octanol–water partition coefficient (Wildman–Crippen LogP) is 6.72. The van der Waals surface area contributed by atoms with Crippen LogP contribution in [-0.4, -0.2) is 43.2 Å². The van der Waals surface area contributed by atoms with Gasteiger partial charge in [0, 0.05) is 33.9 Å². The standard InChI is InChI=1S/C37H31NO5/c1-4-43-30-15-8-7-14-28(30)32-33(34(39)24-10-9-11-25(21-24)42-3)38-29-18-16-22(2)20-23(29)17-19-31(38)37(32)35(40)26-12-5-6-13-27(26)36(37)41/h5-21,31-33H,4H2,1-3H3. The van der Waals surface area contributed by atoms with Gasteiger partial charge in [0.2, 0.25) is 0 Å². The number of rotatable bonds is 6. The highest BCUT2D eigenvalue weighted by molar-refractivity contribution is 6.32. The van der Waals surface area contributed by atoms with Gasteiger partial charge in [-0.2, -0.15) is 0 Å². The van der Waals surface area contributed by atoms with E-state index in [0.717, 1.165) is 16.8 Å². The van der Waals surface area contributed by atoms with Crippen molar-refractivity contribution in [2.24, 2.45) is 5.41 Å². The molecule has 0 aromatic heterocycles. The third kappa shape index (κ3) is 3.75. The number of Topliss-reactive ketones (excluding diaryl/α,β-unsaturated/α-hetero) is 3. The van der Waals surface area contributed by atoms with Crippen molar-refractivity contribution in [1.82, 2.24) is 0 Å². The fraction of sp³-hybridized carbons (Fsp3) is 0.216. The molecule has 1 spiro atoms. The molecular formula is C37H31NO5. The summed E-state index contributed by atoms with van der Waals surface area (Å²) in [7, 11) is 1.56. The number of para-hydroxylation sites is 1. The Kier molecular flexibility index (Phi) is 6.31. The summed E-state index contributed by atoms with van der Waals surface area (Å²) in [4.78, 5) is 46.7. The maximum Gasteiger partial charge on any atom is 0.186 e. The Morgan fingerprint density at radius 2 is 1.60 bits per heavy atom. The van der Waals surface area contributed by atoms with Crippen molar-refractivity contribution in [3.05, 3.63) is 130 Å². The van der Waals surface area contributed by atoms with Gasteiger partial charge in [-0.25, -0.2) is 0 Å². The molecule has 1 fully saturated rings. The van der Waals surface area contributed by atoms with Gasteiger partial charge in [0.15, 0.2) is 17.3 Å². The van der Waals surface area contributed by atoms with Crippen molar-refractivity contribution in [2.45, 2.75) is 31.8 Å². The molecule has 0 bridgehead atoms. The zero-order chi connectivity index (χ0) is 29.9. The summed E-state index contributed by atoms with van der Waals surface area (Å²) in [5, 5.41) is 0. The van der Waals surface area contributed by atoms with Crippen LogP contribution >= 0.6 is 0 Å². The molecule has 3 aliphatic rings. The molecule has 214 valence electrons. The quantitative estimate of drug-likeness (QED) is 0.190. The number of aryl methyl sites for hydroxylation is 1. The largest absolute Gasteiger partial charge is 0.497 e. The first-order chi connectivity index (χ1) is 20.9. The molecule has 2 aliphatic heterocycles. The number of anilines is 1. The topological polar surface area (TPSA) is 72.9 Å². The van der Waals surface area contributed by atoms with Crippen molar-refractivity contribution in [3.63, 3.8) is 0 Å². The van der Waals surface area contributed by atoms with Crippen molar-refractivity contribution < 1.29 is 23.9 Å². The van der Waals surface area contributed by atoms with Crippen LogP contribution < -0.4 is 14.4 Å². The summed E-state index contributed by atoms with van der Waals surface area (Å²) in [5.74, 6) is -0.460. The summed E-state index contributed by atoms with van der Waals surface area (Å²) in [5.41, 5.74) is 3.12. The second-order valence-corrected chi connectivity index (χ2v) is 11.3. The summed E-state index contributed by atoms with van der Waals surface area (Å²) in [6.45, 7) is 4.31. The number of fused-ring (bicyclic) bond motifs is 5. The molecule has 4 aromatic carbocycles. The van der Waals surface area contributed by atoms with Crippen LogP contribution in [0.5, 0.6) is 11.5 Å². The molecule has 0 amide bonds. The van der Waals surface area contributed by atoms with E-state index in [4.69, 9.17) is 9.47 Å². The molecule has 0 N–H and O–H groups in total. The van der Waals surface area contributed by atoms with Gasteiger partial charge in [-0.3, -0.25) is 14.4 Å². The van der Waals surface area contributed by atoms with Gasteiger partial charge in [0.05, 0.1) is 19.8 Å². The van der Waals surface area contributed by atoms with Crippen molar-refractivity contribution in [1.29, 1.82) is 0 Å². The van der Waals surface area contributed by atoms with Gasteiger partial charge in [0.1, 0.15) is 23.0 Å². The number of carbonyl (C=O) groups excluding carboxylic acids is 3. The van der Waals surface area contributed by atoms with Gasteiger partial charge < -0.3 is 14.4 Å². The molecule has 3 unspecified atom stereocenters. The molecule has 7 rings (SSSR count). The van der Waals surface area contributed by atoms with Gasteiger partial charge in [-0.15, -0.1) is 0 Å². The molecule has 3 atom stereocenters. The second kappa shape index (κ2) is 10.1. The summed E-state index contributed by atoms with van der Waals surface area (Å²) in [6.07, 6.45) is 3.93. The predicted molar refractivity (Wildman–Crippen MR) is 165 cm³/mol. The third-order valence-electron chi connectivity index (χ3n) is 9.14. The summed E-state index contributed by atoms with van der Waals surface area (Å²) in [6, 6.07) is 26.0. The number of benzene rings is 4. The first kappa shape index (κ1) is 26.9. The molecule has 2 heterocycles. The molecule has 1 saturated heterocycles. The highest BCUT2D eigenvalue weighted by atomic mass is 16.5. The number of hydrogen-bond donors (Lipinski definition) is 0. The van der Waals surface area contributed by atoms with Crippen molar-refractivity contribution in [3.8, 4) is 11.5 Å². The van der Waals surface area contributed by atoms with Crippen molar-refractivity contribution in [2.75, 3.05) is 18.6 Å². The Hall–Kier alpha value is -4.97. The Labute approximate surface area is 250 Å². The maximum absolute atomic E-state index is 14.9. The van der Waals surface area contributed by atoms with Crippen LogP contribution in [0.3, 0.4) is 0 Å². The van der Waals surface area contributed by atoms with Crippen molar-refractivity contribution >= 4 is 29.1 Å². The first-order valence-corrected chi connectivity index (χ1v) is 14.6. The lowest BCUT2D eigenvalue weighted by Crippen LogP contribution is -2.48. The van der Waals surface area contributed by atoms with E-state index in [0.29, 0.717) is 40.4 Å². The number of nitrogens with zero attached hydrogens (tertiary/aromatic N) is 1. The van der Waals surface area contributed by atoms with Crippen LogP contribution in [0.15, 0.2) is 97.1 Å². The minimum atomic E-state index is -1.59. The SMILES string of the molecule is CCOc1ccccc1C1C(C(=O)c2cccc(OC)c2)N2c3ccc(C)cc3C=CC2C12C(=O)c1ccccc1C2=O. The molecular weight excluding hydrogens is 538 g/mol. The maximum atomic E-state index is 14.9. The molecule has 0 saturated carbocycles. The van der Waals surface area contributed by atoms with Crippen LogP contribution in [0.1, 0.15) is 60.6 Å². The van der Waals surface area contributed by atoms with Crippen LogP contribution in [0, 0.1) is 12.3 Å². The minimum Gasteiger partial charge on any atom is -0.497 e. The van der Waals surface area contributed by atoms with Gasteiger partial charge in [-0.1, -0.05) is 78.4 Å². The Balaban J connectivity index is 1.56. The molecule has 6 nitrogen and oxygen atoms in total. The average molecular weight is 570 g/mol. The Morgan fingerprint density at radius 1 is 0.884 bits per heavy atom. The number of ketones is 3. The smallest absolute Gasteiger partial charge is 0.186 e. The zero-order valence-electron chi connectivity index (χ0n) is 24.2. The van der Waals surface area contributed by atoms with Gasteiger partial charge >= 0.3 is 0 Å². The number of methoxy groups -OCH3 is 1. The van der Waals surface area contributed by atoms with E-state index in [9.17, 15) is 14.4 Å². The zero-order valence-corrected chi connectivity index (χ0v) is 24.2. The minimum absolute atomic E-state index is 0.199. The summed E-state index contributed by atoms with van der Waals surface area (Å²) >= 11 is 0. The van der Waals surface area contributed by atoms with Crippen LogP contribution in [-0.2, 0) is 0 Å². The number of hydrogen-bond acceptors (Lipinski definition) is 6. The Bertz CT molecular complexity index is 1800. The van der Waals surface area contributed by atoms with E-state index in [2.05, 4.69) is 6.07 Å². The molecule has 6 heteroatoms. The summed E-state index contributed by atoms with van der Waals surface area (Å²) < 4.78 is 11.6. The monoisotopic (exact) mass is 569 g/mol. The Morgan fingerprint density at radius 3 is 2.33 bits per heavy atom. The van der Waals surface area contributed by atoms with E-state index >= 15 is 0 Å². The normalized spacial score (nSPS) is 21.0.